The van der Waals surface area contributed by atoms with Crippen LogP contribution in [0.15, 0.2) is 59.7 Å². The summed E-state index contributed by atoms with van der Waals surface area (Å²) in [5, 5.41) is 0. The molecule has 4 heteroatoms. The summed E-state index contributed by atoms with van der Waals surface area (Å²) in [6, 6.07) is 17.5. The highest BCUT2D eigenvalue weighted by Gasteiger charge is 2.38. The van der Waals surface area contributed by atoms with Crippen molar-refractivity contribution in [2.24, 2.45) is 0 Å². The van der Waals surface area contributed by atoms with Gasteiger partial charge in [0.25, 0.3) is 0 Å². The topological polar surface area (TPSA) is 36.9 Å². The molecule has 0 radical (unpaired) electrons. The first-order valence-corrected chi connectivity index (χ1v) is 14.3. The summed E-state index contributed by atoms with van der Waals surface area (Å²) < 4.78 is 25.2. The molecule has 0 heterocycles. The zero-order valence-corrected chi connectivity index (χ0v) is 23.1. The van der Waals surface area contributed by atoms with Crippen LogP contribution in [0.4, 0.5) is 0 Å². The fraction of sp³-hybridized carbons (Fsp3) is 0.515. The minimum atomic E-state index is -0.329. The Hall–Kier alpha value is -2.24. The number of fused-ring (bicyclic) bond motifs is 2. The van der Waals surface area contributed by atoms with E-state index in [-0.39, 0.29) is 24.4 Å². The number of ether oxygens (including phenoxy) is 4. The van der Waals surface area contributed by atoms with Gasteiger partial charge in [-0.3, -0.25) is 0 Å². The molecule has 2 aromatic carbocycles. The maximum Gasteiger partial charge on any atom is 0.180 e. The predicted octanol–water partition coefficient (Wildman–Crippen LogP) is 8.10. The van der Waals surface area contributed by atoms with Gasteiger partial charge in [0.05, 0.1) is 0 Å². The third-order valence-electron chi connectivity index (χ3n) is 7.10. The lowest BCUT2D eigenvalue weighted by Crippen LogP contribution is -2.26. The van der Waals surface area contributed by atoms with Crippen LogP contribution in [0.2, 0.25) is 0 Å². The van der Waals surface area contributed by atoms with Gasteiger partial charge in [-0.25, -0.2) is 0 Å². The van der Waals surface area contributed by atoms with Crippen LogP contribution in [0.5, 0.6) is 0 Å². The molecular formula is C33H44O4. The van der Waals surface area contributed by atoms with Gasteiger partial charge in [-0.15, -0.1) is 0 Å². The molecule has 0 saturated carbocycles. The van der Waals surface area contributed by atoms with E-state index in [2.05, 4.69) is 88.4 Å². The Labute approximate surface area is 223 Å². The van der Waals surface area contributed by atoms with E-state index in [1.54, 1.807) is 0 Å². The number of hydrogen-bond donors (Lipinski definition) is 0. The molecule has 0 spiro atoms. The van der Waals surface area contributed by atoms with E-state index in [0.717, 1.165) is 32.1 Å². The van der Waals surface area contributed by atoms with Crippen LogP contribution in [0.25, 0.3) is 12.2 Å². The summed E-state index contributed by atoms with van der Waals surface area (Å²) in [6.07, 6.45) is 8.73. The number of benzene rings is 2. The van der Waals surface area contributed by atoms with Crippen molar-refractivity contribution < 1.29 is 18.9 Å². The molecular weight excluding hydrogens is 460 g/mol. The van der Waals surface area contributed by atoms with E-state index in [0.29, 0.717) is 26.4 Å². The molecule has 0 saturated heterocycles. The lowest BCUT2D eigenvalue weighted by atomic mass is 9.81. The fourth-order valence-corrected chi connectivity index (χ4v) is 5.45. The summed E-state index contributed by atoms with van der Waals surface area (Å²) in [7, 11) is 0. The van der Waals surface area contributed by atoms with Gasteiger partial charge in [0, 0.05) is 38.3 Å². The normalized spacial score (nSPS) is 18.3. The van der Waals surface area contributed by atoms with Crippen molar-refractivity contribution in [2.75, 3.05) is 26.4 Å². The maximum atomic E-state index is 6.30. The van der Waals surface area contributed by atoms with Crippen LogP contribution < -0.4 is 0 Å². The van der Waals surface area contributed by atoms with Crippen LogP contribution in [0, 0.1) is 0 Å². The second-order valence-electron chi connectivity index (χ2n) is 10.0. The molecule has 4 rings (SSSR count). The van der Waals surface area contributed by atoms with Gasteiger partial charge in [-0.1, -0.05) is 76.2 Å². The highest BCUT2D eigenvalue weighted by atomic mass is 16.7. The maximum absolute atomic E-state index is 6.30. The Morgan fingerprint density at radius 2 is 0.892 bits per heavy atom. The molecule has 2 unspecified atom stereocenters. The summed E-state index contributed by atoms with van der Waals surface area (Å²) in [6.45, 7) is 11.3. The average Bonchev–Trinajstić information content (AvgIpc) is 3.48. The molecule has 0 amide bonds. The van der Waals surface area contributed by atoms with Crippen molar-refractivity contribution in [1.82, 2.24) is 0 Å². The standard InChI is InChI=1S/C33H44O4/c1-5-17-34-32(35-18-6-2)30-21-24-13-9-11-15-26(24)28(30)23-29-27-16-12-10-14-25(27)22-31(29)33(36-19-7-3)37-20-8-4/h9-16,21-22,28-29,32-33H,5-8,17-20,23H2,1-4H3. The molecule has 0 bridgehead atoms. The highest BCUT2D eigenvalue weighted by Crippen LogP contribution is 2.50. The smallest absolute Gasteiger partial charge is 0.180 e. The monoisotopic (exact) mass is 504 g/mol. The van der Waals surface area contributed by atoms with Crippen LogP contribution in [0.1, 0.15) is 93.9 Å². The first-order chi connectivity index (χ1) is 18.2. The molecule has 37 heavy (non-hydrogen) atoms. The quantitative estimate of drug-likeness (QED) is 0.216. The molecule has 2 aromatic rings. The van der Waals surface area contributed by atoms with E-state index < -0.39 is 0 Å². The minimum absolute atomic E-state index is 0.201. The predicted molar refractivity (Wildman–Crippen MR) is 151 cm³/mol. The molecule has 4 nitrogen and oxygen atoms in total. The summed E-state index contributed by atoms with van der Waals surface area (Å²) in [4.78, 5) is 0. The SMILES string of the molecule is CCCOC(OCCC)C1=Cc2ccccc2C1CC1C(C(OCCC)OCCC)=Cc2ccccc21. The van der Waals surface area contributed by atoms with Crippen LogP contribution in [-0.4, -0.2) is 39.0 Å². The third-order valence-corrected chi connectivity index (χ3v) is 7.10. The molecule has 0 aromatic heterocycles. The first-order valence-electron chi connectivity index (χ1n) is 14.3. The third kappa shape index (κ3) is 6.61. The van der Waals surface area contributed by atoms with Crippen molar-refractivity contribution >= 4 is 12.2 Å². The summed E-state index contributed by atoms with van der Waals surface area (Å²) in [5.74, 6) is 0.403. The van der Waals surface area contributed by atoms with Crippen molar-refractivity contribution in [2.45, 2.75) is 84.2 Å². The van der Waals surface area contributed by atoms with Crippen molar-refractivity contribution in [3.05, 3.63) is 81.9 Å². The zero-order valence-electron chi connectivity index (χ0n) is 23.1. The van der Waals surface area contributed by atoms with E-state index in [9.17, 15) is 0 Å². The highest BCUT2D eigenvalue weighted by molar-refractivity contribution is 5.70. The van der Waals surface area contributed by atoms with Gasteiger partial charge < -0.3 is 18.9 Å². The first kappa shape index (κ1) is 27.8. The van der Waals surface area contributed by atoms with Gasteiger partial charge in [-0.2, -0.15) is 0 Å². The lowest BCUT2D eigenvalue weighted by molar-refractivity contribution is -0.122. The van der Waals surface area contributed by atoms with Crippen molar-refractivity contribution in [1.29, 1.82) is 0 Å². The summed E-state index contributed by atoms with van der Waals surface area (Å²) >= 11 is 0. The molecule has 200 valence electrons. The van der Waals surface area contributed by atoms with Crippen molar-refractivity contribution in [3.8, 4) is 0 Å². The van der Waals surface area contributed by atoms with Gasteiger partial charge in [0.1, 0.15) is 0 Å². The van der Waals surface area contributed by atoms with Gasteiger partial charge in [0.2, 0.25) is 0 Å². The lowest BCUT2D eigenvalue weighted by Gasteiger charge is -2.30. The van der Waals surface area contributed by atoms with E-state index >= 15 is 0 Å². The molecule has 0 aliphatic heterocycles. The second-order valence-corrected chi connectivity index (χ2v) is 10.0. The molecule has 2 atom stereocenters. The largest absolute Gasteiger partial charge is 0.349 e. The van der Waals surface area contributed by atoms with E-state index in [1.807, 2.05) is 0 Å². The van der Waals surface area contributed by atoms with E-state index in [4.69, 9.17) is 18.9 Å². The van der Waals surface area contributed by atoms with Crippen molar-refractivity contribution in [3.63, 3.8) is 0 Å². The molecule has 2 aliphatic carbocycles. The van der Waals surface area contributed by atoms with Gasteiger partial charge >= 0.3 is 0 Å². The Morgan fingerprint density at radius 1 is 0.541 bits per heavy atom. The minimum Gasteiger partial charge on any atom is -0.349 e. The average molecular weight is 505 g/mol. The van der Waals surface area contributed by atoms with Crippen LogP contribution in [-0.2, 0) is 18.9 Å². The van der Waals surface area contributed by atoms with E-state index in [1.165, 1.54) is 33.4 Å². The van der Waals surface area contributed by atoms with Gasteiger partial charge in [-0.05, 0) is 77.7 Å². The zero-order chi connectivity index (χ0) is 26.0. The Balaban J connectivity index is 1.69. The van der Waals surface area contributed by atoms with Crippen LogP contribution >= 0.6 is 0 Å². The number of hydrogen-bond acceptors (Lipinski definition) is 4. The summed E-state index contributed by atoms with van der Waals surface area (Å²) in [5.41, 5.74) is 7.70. The van der Waals surface area contributed by atoms with Crippen LogP contribution in [0.3, 0.4) is 0 Å². The molecule has 2 aliphatic rings. The Morgan fingerprint density at radius 3 is 1.24 bits per heavy atom. The Bertz CT molecular complexity index is 956. The van der Waals surface area contributed by atoms with Gasteiger partial charge in [0.15, 0.2) is 12.6 Å². The fourth-order valence-electron chi connectivity index (χ4n) is 5.45. The second kappa shape index (κ2) is 14.1. The molecule has 0 N–H and O–H groups in total. The Kier molecular flexibility index (Phi) is 10.6. The number of rotatable bonds is 16. The molecule has 0 fully saturated rings.